The third kappa shape index (κ3) is 2.78. The number of carbonyl (C=O) groups is 1. The van der Waals surface area contributed by atoms with E-state index in [0.717, 1.165) is 38.6 Å². The smallest absolute Gasteiger partial charge is 0.252 e. The minimum atomic E-state index is -0.117. The lowest BCUT2D eigenvalue weighted by Gasteiger charge is -2.09. The van der Waals surface area contributed by atoms with Crippen LogP contribution >= 0.6 is 11.3 Å². The number of carbonyl (C=O) groups excluding carboxylic acids is 1. The van der Waals surface area contributed by atoms with Crippen LogP contribution in [0.15, 0.2) is 59.7 Å². The summed E-state index contributed by atoms with van der Waals surface area (Å²) >= 11 is 1.62. The molecule has 1 amide bonds. The van der Waals surface area contributed by atoms with Crippen LogP contribution in [-0.2, 0) is 6.54 Å². The largest absolute Gasteiger partial charge is 0.348 e. The molecule has 132 valence electrons. The number of H-pyrrole nitrogens is 2. The Balaban J connectivity index is 1.59. The van der Waals surface area contributed by atoms with Crippen molar-refractivity contribution >= 4 is 39.2 Å². The number of pyridine rings is 1. The molecule has 0 aliphatic carbocycles. The molecule has 4 heterocycles. The lowest BCUT2D eigenvalue weighted by Crippen LogP contribution is -2.22. The van der Waals surface area contributed by atoms with Crippen molar-refractivity contribution in [2.45, 2.75) is 6.54 Å². The van der Waals surface area contributed by atoms with Crippen molar-refractivity contribution in [3.8, 4) is 11.1 Å². The average Bonchev–Trinajstić information content (AvgIpc) is 3.45. The maximum Gasteiger partial charge on any atom is 0.252 e. The van der Waals surface area contributed by atoms with Crippen molar-refractivity contribution in [2.75, 3.05) is 0 Å². The van der Waals surface area contributed by atoms with Gasteiger partial charge in [0.05, 0.1) is 17.3 Å². The molecule has 5 aromatic rings. The van der Waals surface area contributed by atoms with Gasteiger partial charge in [0.15, 0.2) is 0 Å². The van der Waals surface area contributed by atoms with Crippen molar-refractivity contribution in [3.05, 3.63) is 70.8 Å². The SMILES string of the molecule is O=C(NCc1ccsc1)c1cc(-c2ccnc3[nH]ccc23)cc2[nH]ncc12. The highest BCUT2D eigenvalue weighted by Gasteiger charge is 2.15. The second-order valence-corrected chi connectivity index (χ2v) is 7.05. The molecule has 6 nitrogen and oxygen atoms in total. The van der Waals surface area contributed by atoms with Crippen LogP contribution in [0.25, 0.3) is 33.1 Å². The first-order chi connectivity index (χ1) is 13.3. The fourth-order valence-electron chi connectivity index (χ4n) is 3.28. The zero-order chi connectivity index (χ0) is 18.2. The van der Waals surface area contributed by atoms with Gasteiger partial charge in [-0.1, -0.05) is 0 Å². The van der Waals surface area contributed by atoms with E-state index in [0.29, 0.717) is 12.1 Å². The molecule has 0 radical (unpaired) electrons. The molecule has 0 atom stereocenters. The third-order valence-corrected chi connectivity index (χ3v) is 5.34. The minimum absolute atomic E-state index is 0.117. The summed E-state index contributed by atoms with van der Waals surface area (Å²) in [6.45, 7) is 0.503. The van der Waals surface area contributed by atoms with E-state index >= 15 is 0 Å². The lowest BCUT2D eigenvalue weighted by molar-refractivity contribution is 0.0952. The summed E-state index contributed by atoms with van der Waals surface area (Å²) in [5.74, 6) is -0.117. The highest BCUT2D eigenvalue weighted by molar-refractivity contribution is 7.07. The number of hydrogen-bond acceptors (Lipinski definition) is 4. The summed E-state index contributed by atoms with van der Waals surface area (Å²) in [4.78, 5) is 20.3. The standard InChI is InChI=1S/C20H15N5OS/c26-20(23-9-12-3-6-27-11-12)16-7-13(8-18-17(16)10-24-25-18)14-1-4-21-19-15(14)2-5-22-19/h1-8,10-11H,9H2,(H,21,22)(H,23,26)(H,24,25). The van der Waals surface area contributed by atoms with Gasteiger partial charge in [-0.3, -0.25) is 9.89 Å². The third-order valence-electron chi connectivity index (χ3n) is 4.61. The van der Waals surface area contributed by atoms with Gasteiger partial charge in [0.2, 0.25) is 0 Å². The Morgan fingerprint density at radius 3 is 3.04 bits per heavy atom. The maximum atomic E-state index is 12.9. The van der Waals surface area contributed by atoms with Crippen molar-refractivity contribution < 1.29 is 4.79 Å². The van der Waals surface area contributed by atoms with Gasteiger partial charge < -0.3 is 10.3 Å². The molecule has 0 aliphatic rings. The fraction of sp³-hybridized carbons (Fsp3) is 0.0500. The molecular formula is C20H15N5OS. The number of benzene rings is 1. The van der Waals surface area contributed by atoms with E-state index in [1.807, 2.05) is 47.3 Å². The lowest BCUT2D eigenvalue weighted by atomic mass is 9.98. The second kappa shape index (κ2) is 6.37. The van der Waals surface area contributed by atoms with Crippen LogP contribution in [0.3, 0.4) is 0 Å². The first-order valence-corrected chi connectivity index (χ1v) is 9.43. The summed E-state index contributed by atoms with van der Waals surface area (Å²) in [6, 6.07) is 9.89. The number of hydrogen-bond donors (Lipinski definition) is 3. The molecule has 0 saturated carbocycles. The summed E-state index contributed by atoms with van der Waals surface area (Å²) in [5.41, 5.74) is 5.31. The molecule has 0 spiro atoms. The number of nitrogens with one attached hydrogen (secondary N) is 3. The molecule has 27 heavy (non-hydrogen) atoms. The minimum Gasteiger partial charge on any atom is -0.348 e. The van der Waals surface area contributed by atoms with Gasteiger partial charge in [0, 0.05) is 29.7 Å². The molecule has 1 aromatic carbocycles. The topological polar surface area (TPSA) is 86.5 Å². The van der Waals surface area contributed by atoms with E-state index in [9.17, 15) is 4.79 Å². The monoisotopic (exact) mass is 373 g/mol. The quantitative estimate of drug-likeness (QED) is 0.443. The number of thiophene rings is 1. The number of aromatic amines is 2. The van der Waals surface area contributed by atoms with Gasteiger partial charge in [0.25, 0.3) is 5.91 Å². The molecule has 3 N–H and O–H groups in total. The number of amides is 1. The van der Waals surface area contributed by atoms with Crippen LogP contribution in [0.4, 0.5) is 0 Å². The van der Waals surface area contributed by atoms with Crippen LogP contribution in [0.1, 0.15) is 15.9 Å². The van der Waals surface area contributed by atoms with E-state index in [1.54, 1.807) is 23.7 Å². The van der Waals surface area contributed by atoms with Gasteiger partial charge >= 0.3 is 0 Å². The van der Waals surface area contributed by atoms with Gasteiger partial charge in [-0.25, -0.2) is 4.98 Å². The molecule has 0 bridgehead atoms. The summed E-state index contributed by atoms with van der Waals surface area (Å²) in [5, 5.41) is 16.0. The van der Waals surface area contributed by atoms with Crippen LogP contribution < -0.4 is 5.32 Å². The normalized spacial score (nSPS) is 11.3. The molecule has 0 fully saturated rings. The number of nitrogens with zero attached hydrogens (tertiary/aromatic N) is 2. The molecule has 4 aromatic heterocycles. The molecule has 5 rings (SSSR count). The second-order valence-electron chi connectivity index (χ2n) is 6.27. The average molecular weight is 373 g/mol. The van der Waals surface area contributed by atoms with E-state index in [4.69, 9.17) is 0 Å². The first-order valence-electron chi connectivity index (χ1n) is 8.48. The van der Waals surface area contributed by atoms with Crippen LogP contribution in [0, 0.1) is 0 Å². The summed E-state index contributed by atoms with van der Waals surface area (Å²) in [6.07, 6.45) is 5.32. The molecule has 7 heteroatoms. The first kappa shape index (κ1) is 15.8. The van der Waals surface area contributed by atoms with Gasteiger partial charge in [-0.15, -0.1) is 0 Å². The van der Waals surface area contributed by atoms with Gasteiger partial charge in [0.1, 0.15) is 5.65 Å². The van der Waals surface area contributed by atoms with Gasteiger partial charge in [-0.05, 0) is 57.8 Å². The molecular weight excluding hydrogens is 358 g/mol. The van der Waals surface area contributed by atoms with E-state index in [1.165, 1.54) is 0 Å². The molecule has 0 saturated heterocycles. The Labute approximate surface area is 158 Å². The van der Waals surface area contributed by atoms with Crippen molar-refractivity contribution in [1.29, 1.82) is 0 Å². The van der Waals surface area contributed by atoms with Crippen LogP contribution in [0.2, 0.25) is 0 Å². The number of fused-ring (bicyclic) bond motifs is 2. The van der Waals surface area contributed by atoms with Crippen molar-refractivity contribution in [3.63, 3.8) is 0 Å². The fourth-order valence-corrected chi connectivity index (χ4v) is 3.95. The predicted molar refractivity (Wildman–Crippen MR) is 107 cm³/mol. The highest BCUT2D eigenvalue weighted by Crippen LogP contribution is 2.31. The highest BCUT2D eigenvalue weighted by atomic mass is 32.1. The Morgan fingerprint density at radius 2 is 2.15 bits per heavy atom. The Kier molecular flexibility index (Phi) is 3.72. The maximum absolute atomic E-state index is 12.9. The van der Waals surface area contributed by atoms with E-state index in [-0.39, 0.29) is 5.91 Å². The number of aromatic nitrogens is 4. The Bertz CT molecular complexity index is 1250. The van der Waals surface area contributed by atoms with Crippen molar-refractivity contribution in [1.82, 2.24) is 25.5 Å². The van der Waals surface area contributed by atoms with Crippen molar-refractivity contribution in [2.24, 2.45) is 0 Å². The zero-order valence-electron chi connectivity index (χ0n) is 14.2. The molecule has 0 unspecified atom stereocenters. The van der Waals surface area contributed by atoms with E-state index < -0.39 is 0 Å². The Hall–Kier alpha value is -3.45. The van der Waals surface area contributed by atoms with Crippen LogP contribution in [-0.4, -0.2) is 26.1 Å². The zero-order valence-corrected chi connectivity index (χ0v) is 15.0. The number of rotatable bonds is 4. The predicted octanol–water partition coefficient (Wildman–Crippen LogP) is 4.10. The van der Waals surface area contributed by atoms with Gasteiger partial charge in [-0.2, -0.15) is 16.4 Å². The van der Waals surface area contributed by atoms with E-state index in [2.05, 4.69) is 25.5 Å². The van der Waals surface area contributed by atoms with Crippen LogP contribution in [0.5, 0.6) is 0 Å². The summed E-state index contributed by atoms with van der Waals surface area (Å²) in [7, 11) is 0. The Morgan fingerprint density at radius 1 is 1.19 bits per heavy atom. The molecule has 0 aliphatic heterocycles. The summed E-state index contributed by atoms with van der Waals surface area (Å²) < 4.78 is 0.